The molecular weight excluding hydrogens is 252 g/mol. The topological polar surface area (TPSA) is 41.6 Å². The Morgan fingerprint density at radius 1 is 1.30 bits per heavy atom. The number of aryl methyl sites for hydroxylation is 1. The quantitative estimate of drug-likeness (QED) is 0.891. The number of hydrogen-bond donors (Lipinski definition) is 1. The van der Waals surface area contributed by atoms with E-state index in [4.69, 9.17) is 4.74 Å². The van der Waals surface area contributed by atoms with Gasteiger partial charge in [-0.3, -0.25) is 9.69 Å². The van der Waals surface area contributed by atoms with Crippen molar-refractivity contribution in [2.75, 3.05) is 32.8 Å². The van der Waals surface area contributed by atoms with Crippen LogP contribution >= 0.6 is 0 Å². The second kappa shape index (κ2) is 7.41. The van der Waals surface area contributed by atoms with Crippen molar-refractivity contribution in [1.29, 1.82) is 0 Å². The van der Waals surface area contributed by atoms with E-state index in [1.807, 2.05) is 6.92 Å². The number of carbonyl (C=O) groups is 1. The molecule has 0 radical (unpaired) electrons. The van der Waals surface area contributed by atoms with Crippen LogP contribution in [-0.4, -0.2) is 43.7 Å². The van der Waals surface area contributed by atoms with E-state index in [1.165, 1.54) is 5.56 Å². The van der Waals surface area contributed by atoms with Crippen molar-refractivity contribution in [2.24, 2.45) is 0 Å². The first-order chi connectivity index (χ1) is 9.69. The van der Waals surface area contributed by atoms with E-state index in [1.54, 1.807) is 0 Å². The normalized spacial score (nSPS) is 17.7. The molecule has 2 rings (SSSR count). The lowest BCUT2D eigenvalue weighted by Gasteiger charge is -2.26. The van der Waals surface area contributed by atoms with Gasteiger partial charge >= 0.3 is 0 Å². The Morgan fingerprint density at radius 3 is 2.55 bits per heavy atom. The molecule has 0 aliphatic carbocycles. The number of hydrogen-bond acceptors (Lipinski definition) is 3. The monoisotopic (exact) mass is 276 g/mol. The van der Waals surface area contributed by atoms with Gasteiger partial charge in [0.1, 0.15) is 0 Å². The van der Waals surface area contributed by atoms with Crippen LogP contribution in [0.15, 0.2) is 24.3 Å². The fraction of sp³-hybridized carbons (Fsp3) is 0.562. The van der Waals surface area contributed by atoms with Gasteiger partial charge in [-0.25, -0.2) is 0 Å². The number of carbonyl (C=O) groups excluding carboxylic acids is 1. The van der Waals surface area contributed by atoms with Crippen molar-refractivity contribution < 1.29 is 9.53 Å². The number of amides is 1. The highest BCUT2D eigenvalue weighted by Gasteiger charge is 2.16. The number of nitrogens with zero attached hydrogens (tertiary/aromatic N) is 1. The van der Waals surface area contributed by atoms with Crippen LogP contribution in [0.5, 0.6) is 0 Å². The zero-order chi connectivity index (χ0) is 14.4. The standard InChI is InChI=1S/C16H24N2O2/c1-3-14-4-6-15(7-5-14)13(2)17-16(19)12-18-8-10-20-11-9-18/h4-7,13H,3,8-12H2,1-2H3,(H,17,19). The van der Waals surface area contributed by atoms with Crippen LogP contribution in [0.1, 0.15) is 31.0 Å². The van der Waals surface area contributed by atoms with Gasteiger partial charge in [-0.15, -0.1) is 0 Å². The van der Waals surface area contributed by atoms with Gasteiger partial charge in [-0.2, -0.15) is 0 Å². The molecule has 1 saturated heterocycles. The average molecular weight is 276 g/mol. The van der Waals surface area contributed by atoms with Gasteiger partial charge in [0, 0.05) is 13.1 Å². The Morgan fingerprint density at radius 2 is 1.95 bits per heavy atom. The van der Waals surface area contributed by atoms with Crippen molar-refractivity contribution in [3.8, 4) is 0 Å². The zero-order valence-electron chi connectivity index (χ0n) is 12.4. The van der Waals surface area contributed by atoms with Gasteiger partial charge < -0.3 is 10.1 Å². The van der Waals surface area contributed by atoms with Crippen LogP contribution in [0.25, 0.3) is 0 Å². The molecule has 1 fully saturated rings. The summed E-state index contributed by atoms with van der Waals surface area (Å²) in [6.45, 7) is 7.75. The molecule has 1 aromatic rings. The zero-order valence-corrected chi connectivity index (χ0v) is 12.4. The maximum Gasteiger partial charge on any atom is 0.234 e. The van der Waals surface area contributed by atoms with E-state index in [0.29, 0.717) is 6.54 Å². The van der Waals surface area contributed by atoms with Gasteiger partial charge in [-0.1, -0.05) is 31.2 Å². The molecule has 0 saturated carbocycles. The molecule has 0 bridgehead atoms. The van der Waals surface area contributed by atoms with Crippen LogP contribution in [-0.2, 0) is 16.0 Å². The summed E-state index contributed by atoms with van der Waals surface area (Å²) < 4.78 is 5.28. The lowest BCUT2D eigenvalue weighted by molar-refractivity contribution is -0.123. The molecule has 1 unspecified atom stereocenters. The molecule has 110 valence electrons. The first kappa shape index (κ1) is 15.0. The third-order valence-electron chi connectivity index (χ3n) is 3.74. The number of benzene rings is 1. The molecule has 1 N–H and O–H groups in total. The first-order valence-corrected chi connectivity index (χ1v) is 7.37. The minimum Gasteiger partial charge on any atom is -0.379 e. The van der Waals surface area contributed by atoms with Gasteiger partial charge in [0.2, 0.25) is 5.91 Å². The molecule has 0 aromatic heterocycles. The summed E-state index contributed by atoms with van der Waals surface area (Å²) in [6, 6.07) is 8.49. The molecule has 1 aliphatic heterocycles. The van der Waals surface area contributed by atoms with Crippen molar-refractivity contribution in [1.82, 2.24) is 10.2 Å². The molecule has 1 amide bonds. The van der Waals surface area contributed by atoms with E-state index in [9.17, 15) is 4.79 Å². The van der Waals surface area contributed by atoms with E-state index >= 15 is 0 Å². The van der Waals surface area contributed by atoms with Crippen LogP contribution in [0.3, 0.4) is 0 Å². The van der Waals surface area contributed by atoms with Crippen LogP contribution in [0.4, 0.5) is 0 Å². The summed E-state index contributed by atoms with van der Waals surface area (Å²) in [6.07, 6.45) is 1.04. The van der Waals surface area contributed by atoms with Crippen LogP contribution in [0, 0.1) is 0 Å². The van der Waals surface area contributed by atoms with E-state index in [0.717, 1.165) is 38.3 Å². The molecule has 0 spiro atoms. The Hall–Kier alpha value is -1.39. The van der Waals surface area contributed by atoms with Gasteiger partial charge in [-0.05, 0) is 24.5 Å². The minimum atomic E-state index is 0.0504. The Labute approximate surface area is 121 Å². The van der Waals surface area contributed by atoms with Crippen molar-refractivity contribution in [3.05, 3.63) is 35.4 Å². The SMILES string of the molecule is CCc1ccc(C(C)NC(=O)CN2CCOCC2)cc1. The molecule has 1 aromatic carbocycles. The smallest absolute Gasteiger partial charge is 0.234 e. The Balaban J connectivity index is 1.82. The van der Waals surface area contributed by atoms with Crippen molar-refractivity contribution >= 4 is 5.91 Å². The summed E-state index contributed by atoms with van der Waals surface area (Å²) >= 11 is 0. The lowest BCUT2D eigenvalue weighted by Crippen LogP contribution is -2.43. The highest BCUT2D eigenvalue weighted by atomic mass is 16.5. The second-order valence-corrected chi connectivity index (χ2v) is 5.27. The molecule has 4 nitrogen and oxygen atoms in total. The summed E-state index contributed by atoms with van der Waals surface area (Å²) in [4.78, 5) is 14.2. The second-order valence-electron chi connectivity index (χ2n) is 5.27. The summed E-state index contributed by atoms with van der Waals surface area (Å²) in [5, 5.41) is 3.06. The third-order valence-corrected chi connectivity index (χ3v) is 3.74. The predicted octanol–water partition coefficient (Wildman–Crippen LogP) is 1.76. The predicted molar refractivity (Wildman–Crippen MR) is 79.6 cm³/mol. The number of ether oxygens (including phenoxy) is 1. The maximum atomic E-state index is 12.0. The highest BCUT2D eigenvalue weighted by Crippen LogP contribution is 2.13. The van der Waals surface area contributed by atoms with Crippen molar-refractivity contribution in [2.45, 2.75) is 26.3 Å². The van der Waals surface area contributed by atoms with Crippen LogP contribution < -0.4 is 5.32 Å². The molecule has 1 atom stereocenters. The Kier molecular flexibility index (Phi) is 5.56. The molecule has 4 heteroatoms. The van der Waals surface area contributed by atoms with Crippen molar-refractivity contribution in [3.63, 3.8) is 0 Å². The molecule has 1 aliphatic rings. The fourth-order valence-corrected chi connectivity index (χ4v) is 2.37. The van der Waals surface area contributed by atoms with E-state index in [2.05, 4.69) is 41.4 Å². The number of morpholine rings is 1. The lowest BCUT2D eigenvalue weighted by atomic mass is 10.1. The number of nitrogens with one attached hydrogen (secondary N) is 1. The maximum absolute atomic E-state index is 12.0. The molecule has 20 heavy (non-hydrogen) atoms. The average Bonchev–Trinajstić information content (AvgIpc) is 2.48. The molecular formula is C16H24N2O2. The van der Waals surface area contributed by atoms with Gasteiger partial charge in [0.25, 0.3) is 0 Å². The fourth-order valence-electron chi connectivity index (χ4n) is 2.37. The van der Waals surface area contributed by atoms with Gasteiger partial charge in [0.05, 0.1) is 25.8 Å². The van der Waals surface area contributed by atoms with Crippen LogP contribution in [0.2, 0.25) is 0 Å². The summed E-state index contributed by atoms with van der Waals surface area (Å²) in [7, 11) is 0. The number of rotatable bonds is 5. The van der Waals surface area contributed by atoms with Gasteiger partial charge in [0.15, 0.2) is 0 Å². The van der Waals surface area contributed by atoms with E-state index in [-0.39, 0.29) is 11.9 Å². The third kappa shape index (κ3) is 4.32. The first-order valence-electron chi connectivity index (χ1n) is 7.37. The van der Waals surface area contributed by atoms with E-state index < -0.39 is 0 Å². The molecule has 1 heterocycles. The summed E-state index contributed by atoms with van der Waals surface area (Å²) in [5.41, 5.74) is 2.47. The highest BCUT2D eigenvalue weighted by molar-refractivity contribution is 5.78. The Bertz CT molecular complexity index is 425. The summed E-state index contributed by atoms with van der Waals surface area (Å²) in [5.74, 6) is 0.0824. The minimum absolute atomic E-state index is 0.0504. The largest absolute Gasteiger partial charge is 0.379 e.